The van der Waals surface area contributed by atoms with Crippen molar-refractivity contribution in [3.05, 3.63) is 35.9 Å². The van der Waals surface area contributed by atoms with Crippen LogP contribution in [0.25, 0.3) is 0 Å². The second-order valence-corrected chi connectivity index (χ2v) is 4.69. The average molecular weight is 249 g/mol. The number of rotatable bonds is 5. The zero-order valence-corrected chi connectivity index (χ0v) is 9.52. The zero-order chi connectivity index (χ0) is 12.0. The van der Waals surface area contributed by atoms with Crippen molar-refractivity contribution in [3.8, 4) is 0 Å². The highest BCUT2D eigenvalue weighted by molar-refractivity contribution is 8.00. The Labute approximate surface area is 97.2 Å². The van der Waals surface area contributed by atoms with Crippen molar-refractivity contribution in [2.24, 2.45) is 5.73 Å². The number of hydrogen-bond acceptors (Lipinski definition) is 2. The maximum absolute atomic E-state index is 11.9. The van der Waals surface area contributed by atoms with Crippen molar-refractivity contribution < 1.29 is 13.2 Å². The number of nitrogens with two attached hydrogens (primary N) is 1. The van der Waals surface area contributed by atoms with Crippen LogP contribution in [0.5, 0.6) is 0 Å². The van der Waals surface area contributed by atoms with Gasteiger partial charge in [-0.2, -0.15) is 13.2 Å². The molecule has 0 saturated carbocycles. The largest absolute Gasteiger partial charge is 0.441 e. The van der Waals surface area contributed by atoms with Gasteiger partial charge in [-0.25, -0.2) is 0 Å². The van der Waals surface area contributed by atoms with Crippen LogP contribution in [0.4, 0.5) is 13.2 Å². The molecule has 1 unspecified atom stereocenters. The monoisotopic (exact) mass is 249 g/mol. The molecule has 0 fully saturated rings. The number of hydrogen-bond donors (Lipinski definition) is 1. The van der Waals surface area contributed by atoms with Crippen LogP contribution in [0, 0.1) is 0 Å². The summed E-state index contributed by atoms with van der Waals surface area (Å²) in [4.78, 5) is 0. The highest BCUT2D eigenvalue weighted by Gasteiger charge is 2.27. The molecule has 1 nitrogen and oxygen atoms in total. The summed E-state index contributed by atoms with van der Waals surface area (Å²) in [5.74, 6) is 0.0253. The second kappa shape index (κ2) is 6.15. The van der Waals surface area contributed by atoms with Crippen LogP contribution in [0.15, 0.2) is 30.3 Å². The lowest BCUT2D eigenvalue weighted by Gasteiger charge is -2.12. The second-order valence-electron chi connectivity index (χ2n) is 3.53. The van der Waals surface area contributed by atoms with E-state index in [0.29, 0.717) is 12.8 Å². The minimum atomic E-state index is -4.15. The van der Waals surface area contributed by atoms with E-state index in [4.69, 9.17) is 5.73 Å². The van der Waals surface area contributed by atoms with Crippen molar-refractivity contribution in [1.82, 2.24) is 0 Å². The van der Waals surface area contributed by atoms with Gasteiger partial charge in [-0.05, 0) is 18.4 Å². The summed E-state index contributed by atoms with van der Waals surface area (Å²) >= 11 is -0.00754. The molecule has 1 atom stereocenters. The van der Waals surface area contributed by atoms with E-state index in [1.54, 1.807) is 0 Å². The molecule has 0 spiro atoms. The van der Waals surface area contributed by atoms with Gasteiger partial charge in [0.1, 0.15) is 0 Å². The van der Waals surface area contributed by atoms with E-state index < -0.39 is 5.51 Å². The molecule has 0 saturated heterocycles. The first-order valence-electron chi connectivity index (χ1n) is 4.97. The third-order valence-corrected chi connectivity index (χ3v) is 2.86. The summed E-state index contributed by atoms with van der Waals surface area (Å²) in [6, 6.07) is 9.33. The first kappa shape index (κ1) is 13.4. The number of alkyl halides is 3. The third kappa shape index (κ3) is 6.02. The molecule has 0 amide bonds. The van der Waals surface area contributed by atoms with Gasteiger partial charge in [0.05, 0.1) is 0 Å². The molecule has 90 valence electrons. The maximum atomic E-state index is 11.9. The van der Waals surface area contributed by atoms with Gasteiger partial charge >= 0.3 is 5.51 Å². The predicted octanol–water partition coefficient (Wildman–Crippen LogP) is 3.20. The van der Waals surface area contributed by atoms with Crippen LogP contribution >= 0.6 is 11.8 Å². The molecule has 2 N–H and O–H groups in total. The molecule has 16 heavy (non-hydrogen) atoms. The van der Waals surface area contributed by atoms with Gasteiger partial charge in [-0.3, -0.25) is 0 Å². The van der Waals surface area contributed by atoms with Crippen LogP contribution < -0.4 is 5.73 Å². The van der Waals surface area contributed by atoms with Crippen LogP contribution in [0.3, 0.4) is 0 Å². The SMILES string of the molecule is NC(CCSC(F)(F)F)Cc1ccccc1. The number of halogens is 3. The van der Waals surface area contributed by atoms with E-state index in [-0.39, 0.29) is 23.6 Å². The zero-order valence-electron chi connectivity index (χ0n) is 8.70. The molecule has 0 aromatic heterocycles. The van der Waals surface area contributed by atoms with Crippen LogP contribution in [-0.2, 0) is 6.42 Å². The fourth-order valence-electron chi connectivity index (χ4n) is 1.34. The first-order chi connectivity index (χ1) is 7.47. The molecular weight excluding hydrogens is 235 g/mol. The molecule has 1 aromatic carbocycles. The van der Waals surface area contributed by atoms with Gasteiger partial charge < -0.3 is 5.73 Å². The Balaban J connectivity index is 2.24. The molecule has 0 aliphatic carbocycles. The van der Waals surface area contributed by atoms with Crippen molar-refractivity contribution in [3.63, 3.8) is 0 Å². The Kier molecular flexibility index (Phi) is 5.15. The summed E-state index contributed by atoms with van der Waals surface area (Å²) in [5, 5.41) is 0. The highest BCUT2D eigenvalue weighted by Crippen LogP contribution is 2.30. The number of benzene rings is 1. The summed E-state index contributed by atoms with van der Waals surface area (Å²) < 4.78 is 35.6. The molecule has 0 aliphatic heterocycles. The van der Waals surface area contributed by atoms with E-state index >= 15 is 0 Å². The molecule has 0 heterocycles. The Morgan fingerprint density at radius 1 is 1.19 bits per heavy atom. The van der Waals surface area contributed by atoms with Gasteiger partial charge in [-0.1, -0.05) is 42.1 Å². The Bertz CT molecular complexity index is 300. The van der Waals surface area contributed by atoms with E-state index in [1.807, 2.05) is 30.3 Å². The van der Waals surface area contributed by atoms with E-state index in [1.165, 1.54) is 0 Å². The van der Waals surface area contributed by atoms with E-state index in [0.717, 1.165) is 5.56 Å². The van der Waals surface area contributed by atoms with Crippen molar-refractivity contribution in [1.29, 1.82) is 0 Å². The minimum absolute atomic E-state index is 0.00754. The van der Waals surface area contributed by atoms with Gasteiger partial charge in [0.15, 0.2) is 0 Å². The van der Waals surface area contributed by atoms with Gasteiger partial charge in [0, 0.05) is 11.8 Å². The quantitative estimate of drug-likeness (QED) is 0.867. The smallest absolute Gasteiger partial charge is 0.327 e. The molecule has 0 bridgehead atoms. The van der Waals surface area contributed by atoms with Crippen LogP contribution in [-0.4, -0.2) is 17.3 Å². The van der Waals surface area contributed by atoms with Gasteiger partial charge in [0.2, 0.25) is 0 Å². The normalized spacial score (nSPS) is 13.8. The van der Waals surface area contributed by atoms with E-state index in [2.05, 4.69) is 0 Å². The first-order valence-corrected chi connectivity index (χ1v) is 5.96. The van der Waals surface area contributed by atoms with Gasteiger partial charge in [0.25, 0.3) is 0 Å². The Morgan fingerprint density at radius 2 is 1.81 bits per heavy atom. The van der Waals surface area contributed by atoms with Crippen LogP contribution in [0.2, 0.25) is 0 Å². The molecule has 0 radical (unpaired) electrons. The summed E-state index contributed by atoms with van der Waals surface area (Å²) in [7, 11) is 0. The van der Waals surface area contributed by atoms with Crippen LogP contribution in [0.1, 0.15) is 12.0 Å². The maximum Gasteiger partial charge on any atom is 0.441 e. The lowest BCUT2D eigenvalue weighted by Crippen LogP contribution is -2.24. The highest BCUT2D eigenvalue weighted by atomic mass is 32.2. The van der Waals surface area contributed by atoms with E-state index in [9.17, 15) is 13.2 Å². The fraction of sp³-hybridized carbons (Fsp3) is 0.455. The summed E-state index contributed by atoms with van der Waals surface area (Å²) in [5.41, 5.74) is 2.67. The Morgan fingerprint density at radius 3 is 2.38 bits per heavy atom. The molecular formula is C11H14F3NS. The number of thioether (sulfide) groups is 1. The summed E-state index contributed by atoms with van der Waals surface area (Å²) in [6.45, 7) is 0. The average Bonchev–Trinajstić information content (AvgIpc) is 2.17. The standard InChI is InChI=1S/C11H14F3NS/c12-11(13,14)16-7-6-10(15)8-9-4-2-1-3-5-9/h1-5,10H,6-8,15H2. The topological polar surface area (TPSA) is 26.0 Å². The minimum Gasteiger partial charge on any atom is -0.327 e. The van der Waals surface area contributed by atoms with Gasteiger partial charge in [-0.15, -0.1) is 0 Å². The lowest BCUT2D eigenvalue weighted by molar-refractivity contribution is -0.0328. The van der Waals surface area contributed by atoms with Crippen molar-refractivity contribution >= 4 is 11.8 Å². The third-order valence-electron chi connectivity index (χ3n) is 2.10. The van der Waals surface area contributed by atoms with Crippen molar-refractivity contribution in [2.75, 3.05) is 5.75 Å². The van der Waals surface area contributed by atoms with Crippen molar-refractivity contribution in [2.45, 2.75) is 24.4 Å². The molecule has 5 heteroatoms. The Hall–Kier alpha value is -0.680. The predicted molar refractivity (Wildman–Crippen MR) is 61.3 cm³/mol. The molecule has 1 rings (SSSR count). The molecule has 1 aromatic rings. The molecule has 0 aliphatic rings. The fourth-order valence-corrected chi connectivity index (χ4v) is 2.00. The summed E-state index contributed by atoms with van der Waals surface area (Å²) in [6.07, 6.45) is 0.998. The lowest BCUT2D eigenvalue weighted by atomic mass is 10.1.